The van der Waals surface area contributed by atoms with Gasteiger partial charge in [0, 0.05) is 6.26 Å². The normalized spacial score (nSPS) is 15.2. The molecular formula is C8H12F2N2S. The van der Waals surface area contributed by atoms with Crippen molar-refractivity contribution in [1.29, 1.82) is 10.5 Å². The third kappa shape index (κ3) is 3.20. The first kappa shape index (κ1) is 12.2. The van der Waals surface area contributed by atoms with Crippen LogP contribution in [-0.2, 0) is 0 Å². The van der Waals surface area contributed by atoms with E-state index in [2.05, 4.69) is 0 Å². The first-order valence-corrected chi connectivity index (χ1v) is 5.70. The average molecular weight is 206 g/mol. The van der Waals surface area contributed by atoms with Crippen molar-refractivity contribution in [1.82, 2.24) is 0 Å². The van der Waals surface area contributed by atoms with Gasteiger partial charge in [-0.25, -0.2) is 0 Å². The predicted molar refractivity (Wildman–Crippen MR) is 49.1 cm³/mol. The molecule has 0 fully saturated rings. The van der Waals surface area contributed by atoms with Crippen molar-refractivity contribution in [2.24, 2.45) is 11.8 Å². The van der Waals surface area contributed by atoms with Gasteiger partial charge in [-0.2, -0.15) is 18.3 Å². The Hall–Kier alpha value is -0.810. The minimum atomic E-state index is -3.83. The highest BCUT2D eigenvalue weighted by Gasteiger charge is 2.38. The maximum Gasteiger partial charge on any atom is 0.148 e. The Morgan fingerprint density at radius 1 is 1.15 bits per heavy atom. The molecule has 0 aromatic rings. The molecule has 0 spiro atoms. The highest BCUT2D eigenvalue weighted by Crippen LogP contribution is 2.57. The fourth-order valence-electron chi connectivity index (χ4n) is 1.28. The zero-order valence-corrected chi connectivity index (χ0v) is 8.61. The molecule has 0 aromatic heterocycles. The van der Waals surface area contributed by atoms with E-state index in [1.54, 1.807) is 26.0 Å². The number of rotatable bonds is 3. The molecule has 2 nitrogen and oxygen atoms in total. The molecule has 1 unspecified atom stereocenters. The largest absolute Gasteiger partial charge is 0.197 e. The summed E-state index contributed by atoms with van der Waals surface area (Å²) >= 11 is 0. The molecule has 0 radical (unpaired) electrons. The van der Waals surface area contributed by atoms with Gasteiger partial charge in [-0.05, 0) is 5.92 Å². The van der Waals surface area contributed by atoms with Gasteiger partial charge < -0.3 is 0 Å². The van der Waals surface area contributed by atoms with E-state index >= 15 is 0 Å². The lowest BCUT2D eigenvalue weighted by atomic mass is 9.99. The molecule has 0 heterocycles. The highest BCUT2D eigenvalue weighted by molar-refractivity contribution is 8.25. The van der Waals surface area contributed by atoms with Crippen molar-refractivity contribution < 1.29 is 7.77 Å². The maximum absolute atomic E-state index is 13.0. The third-order valence-electron chi connectivity index (χ3n) is 1.74. The van der Waals surface area contributed by atoms with Crippen LogP contribution in [0.25, 0.3) is 0 Å². The summed E-state index contributed by atoms with van der Waals surface area (Å²) in [5.41, 5.74) is 0. The van der Waals surface area contributed by atoms with E-state index in [1.165, 1.54) is 0 Å². The Kier molecular flexibility index (Phi) is 4.16. The Labute approximate surface area is 79.1 Å². The SMILES string of the molecule is CC(C)C(C(C#N)C#N)S(C)(F)F. The van der Waals surface area contributed by atoms with Gasteiger partial charge in [0.2, 0.25) is 0 Å². The van der Waals surface area contributed by atoms with Crippen molar-refractivity contribution >= 4 is 10.8 Å². The lowest BCUT2D eigenvalue weighted by Gasteiger charge is -2.30. The van der Waals surface area contributed by atoms with E-state index in [0.717, 1.165) is 6.26 Å². The van der Waals surface area contributed by atoms with Gasteiger partial charge >= 0.3 is 0 Å². The summed E-state index contributed by atoms with van der Waals surface area (Å²) in [5, 5.41) is 15.9. The summed E-state index contributed by atoms with van der Waals surface area (Å²) in [6.07, 6.45) is 0.833. The van der Waals surface area contributed by atoms with Crippen LogP contribution in [0.5, 0.6) is 0 Å². The molecule has 0 aliphatic heterocycles. The first-order chi connectivity index (χ1) is 5.84. The average Bonchev–Trinajstić information content (AvgIpc) is 1.96. The van der Waals surface area contributed by atoms with Crippen LogP contribution in [-0.4, -0.2) is 11.5 Å². The molecule has 0 amide bonds. The van der Waals surface area contributed by atoms with Crippen LogP contribution in [0, 0.1) is 34.5 Å². The Bertz CT molecular complexity index is 232. The van der Waals surface area contributed by atoms with Crippen LogP contribution in [0.2, 0.25) is 0 Å². The molecular weight excluding hydrogens is 194 g/mol. The van der Waals surface area contributed by atoms with Crippen LogP contribution in [0.3, 0.4) is 0 Å². The maximum atomic E-state index is 13.0. The van der Waals surface area contributed by atoms with E-state index < -0.39 is 22.0 Å². The van der Waals surface area contributed by atoms with Crippen LogP contribution >= 0.6 is 10.8 Å². The molecule has 0 saturated carbocycles. The van der Waals surface area contributed by atoms with E-state index in [0.29, 0.717) is 0 Å². The quantitative estimate of drug-likeness (QED) is 0.712. The molecule has 0 bridgehead atoms. The van der Waals surface area contributed by atoms with Crippen molar-refractivity contribution in [3.63, 3.8) is 0 Å². The standard InChI is InChI=1S/C8H12F2N2S/c1-6(2)8(13(3,9)10)7(4-11)5-12/h6-8H,1-3H3. The Morgan fingerprint density at radius 3 is 1.62 bits per heavy atom. The molecule has 74 valence electrons. The number of hydrogen-bond donors (Lipinski definition) is 0. The van der Waals surface area contributed by atoms with Crippen LogP contribution in [0.15, 0.2) is 0 Å². The van der Waals surface area contributed by atoms with E-state index in [-0.39, 0.29) is 5.92 Å². The minimum Gasteiger partial charge on any atom is -0.197 e. The van der Waals surface area contributed by atoms with E-state index in [9.17, 15) is 7.77 Å². The summed E-state index contributed by atoms with van der Waals surface area (Å²) in [5.74, 6) is -1.55. The molecule has 5 heteroatoms. The Balaban J connectivity index is 4.86. The lowest BCUT2D eigenvalue weighted by Crippen LogP contribution is -2.26. The number of hydrogen-bond acceptors (Lipinski definition) is 2. The van der Waals surface area contributed by atoms with Crippen LogP contribution in [0.1, 0.15) is 13.8 Å². The monoisotopic (exact) mass is 206 g/mol. The zero-order valence-electron chi connectivity index (χ0n) is 7.79. The van der Waals surface area contributed by atoms with Gasteiger partial charge in [0.05, 0.1) is 28.2 Å². The highest BCUT2D eigenvalue weighted by atomic mass is 32.3. The fourth-order valence-corrected chi connectivity index (χ4v) is 2.83. The second-order valence-electron chi connectivity index (χ2n) is 3.23. The van der Waals surface area contributed by atoms with Crippen molar-refractivity contribution in [3.05, 3.63) is 0 Å². The second kappa shape index (κ2) is 4.43. The molecule has 0 N–H and O–H groups in total. The summed E-state index contributed by atoms with van der Waals surface area (Å²) in [4.78, 5) is 0. The molecule has 0 saturated heterocycles. The zero-order chi connectivity index (χ0) is 10.6. The molecule has 0 aliphatic rings. The third-order valence-corrected chi connectivity index (χ3v) is 3.51. The number of halogens is 2. The summed E-state index contributed by atoms with van der Waals surface area (Å²) in [6, 6.07) is 3.24. The summed E-state index contributed by atoms with van der Waals surface area (Å²) in [6.45, 7) is 3.22. The van der Waals surface area contributed by atoms with Gasteiger partial charge in [-0.15, -0.1) is 0 Å². The predicted octanol–water partition coefficient (Wildman–Crippen LogP) is 2.88. The van der Waals surface area contributed by atoms with E-state index in [4.69, 9.17) is 10.5 Å². The number of nitrogens with zero attached hydrogens (tertiary/aromatic N) is 2. The lowest BCUT2D eigenvalue weighted by molar-refractivity contribution is 0.523. The van der Waals surface area contributed by atoms with Gasteiger partial charge in [-0.3, -0.25) is 0 Å². The van der Waals surface area contributed by atoms with Gasteiger partial charge in [0.25, 0.3) is 0 Å². The number of nitriles is 2. The van der Waals surface area contributed by atoms with Crippen LogP contribution < -0.4 is 0 Å². The summed E-state index contributed by atoms with van der Waals surface area (Å²) in [7, 11) is -3.83. The molecule has 0 aliphatic carbocycles. The molecule has 0 rings (SSSR count). The van der Waals surface area contributed by atoms with Gasteiger partial charge in [0.15, 0.2) is 0 Å². The fraction of sp³-hybridized carbons (Fsp3) is 0.750. The van der Waals surface area contributed by atoms with E-state index in [1.807, 2.05) is 0 Å². The van der Waals surface area contributed by atoms with Gasteiger partial charge in [-0.1, -0.05) is 13.8 Å². The molecule has 0 aromatic carbocycles. The Morgan fingerprint density at radius 2 is 1.54 bits per heavy atom. The second-order valence-corrected chi connectivity index (χ2v) is 5.33. The van der Waals surface area contributed by atoms with Crippen molar-refractivity contribution in [2.75, 3.05) is 6.26 Å². The molecule has 1 atom stereocenters. The molecule has 13 heavy (non-hydrogen) atoms. The van der Waals surface area contributed by atoms with Crippen molar-refractivity contribution in [2.45, 2.75) is 19.1 Å². The topological polar surface area (TPSA) is 47.6 Å². The minimum absolute atomic E-state index is 0.348. The smallest absolute Gasteiger partial charge is 0.148 e. The first-order valence-electron chi connectivity index (χ1n) is 3.80. The summed E-state index contributed by atoms with van der Waals surface area (Å²) < 4.78 is 26.1. The van der Waals surface area contributed by atoms with Crippen LogP contribution in [0.4, 0.5) is 7.77 Å². The van der Waals surface area contributed by atoms with Crippen molar-refractivity contribution in [3.8, 4) is 12.1 Å². The van der Waals surface area contributed by atoms with Gasteiger partial charge in [0.1, 0.15) is 5.92 Å².